The molecule has 0 radical (unpaired) electrons. The molecule has 1 aromatic carbocycles. The van der Waals surface area contributed by atoms with Crippen molar-refractivity contribution in [2.24, 2.45) is 0 Å². The van der Waals surface area contributed by atoms with E-state index in [1.54, 1.807) is 13.2 Å². The van der Waals surface area contributed by atoms with Crippen LogP contribution in [0.2, 0.25) is 5.02 Å². The molecule has 2 rings (SSSR count). The van der Waals surface area contributed by atoms with E-state index in [0.717, 1.165) is 24.9 Å². The molecule has 1 aromatic rings. The van der Waals surface area contributed by atoms with Crippen molar-refractivity contribution in [2.45, 2.75) is 18.8 Å². The summed E-state index contributed by atoms with van der Waals surface area (Å²) in [4.78, 5) is 11.7. The molecule has 0 bridgehead atoms. The van der Waals surface area contributed by atoms with Crippen molar-refractivity contribution in [3.8, 4) is 5.75 Å². The van der Waals surface area contributed by atoms with Gasteiger partial charge in [0.25, 0.3) is 0 Å². The molecule has 4 heteroatoms. The molecular weight excluding hydrogens is 226 g/mol. The van der Waals surface area contributed by atoms with Gasteiger partial charge in [0.05, 0.1) is 18.1 Å². The number of hydrogen-bond donors (Lipinski definition) is 1. The first-order valence-corrected chi connectivity index (χ1v) is 5.71. The number of carbonyl (C=O) groups is 1. The maximum absolute atomic E-state index is 11.7. The molecular formula is C12H14ClNO2. The minimum absolute atomic E-state index is 0.0721. The van der Waals surface area contributed by atoms with E-state index in [1.165, 1.54) is 0 Å². The van der Waals surface area contributed by atoms with Gasteiger partial charge in [-0.25, -0.2) is 0 Å². The second kappa shape index (κ2) is 4.74. The first kappa shape index (κ1) is 11.3. The van der Waals surface area contributed by atoms with E-state index in [0.29, 0.717) is 10.8 Å². The number of hydrogen-bond acceptors (Lipinski definition) is 2. The summed E-state index contributed by atoms with van der Waals surface area (Å²) in [5.41, 5.74) is 0.961. The van der Waals surface area contributed by atoms with Gasteiger partial charge >= 0.3 is 0 Å². The standard InChI is InChI=1S/C12H14ClNO2/c1-16-11-5-4-8(7-10(11)13)9-3-2-6-14-12(9)15/h4-5,7,9H,2-3,6H2,1H3,(H,14,15). The summed E-state index contributed by atoms with van der Waals surface area (Å²) in [6.07, 6.45) is 1.90. The molecule has 1 aliphatic rings. The molecule has 16 heavy (non-hydrogen) atoms. The summed E-state index contributed by atoms with van der Waals surface area (Å²) in [5, 5.41) is 3.42. The van der Waals surface area contributed by atoms with Gasteiger partial charge in [0.15, 0.2) is 0 Å². The Balaban J connectivity index is 2.26. The molecule has 0 saturated carbocycles. The highest BCUT2D eigenvalue weighted by molar-refractivity contribution is 6.32. The van der Waals surface area contributed by atoms with Crippen LogP contribution in [0.15, 0.2) is 18.2 Å². The van der Waals surface area contributed by atoms with Gasteiger partial charge in [-0.15, -0.1) is 0 Å². The zero-order chi connectivity index (χ0) is 11.5. The highest BCUT2D eigenvalue weighted by Gasteiger charge is 2.24. The Hall–Kier alpha value is -1.22. The van der Waals surface area contributed by atoms with Crippen LogP contribution < -0.4 is 10.1 Å². The van der Waals surface area contributed by atoms with Crippen LogP contribution >= 0.6 is 11.6 Å². The number of rotatable bonds is 2. The largest absolute Gasteiger partial charge is 0.495 e. The van der Waals surface area contributed by atoms with E-state index in [9.17, 15) is 4.79 Å². The average molecular weight is 240 g/mol. The van der Waals surface area contributed by atoms with Gasteiger partial charge < -0.3 is 10.1 Å². The minimum Gasteiger partial charge on any atom is -0.495 e. The van der Waals surface area contributed by atoms with Crippen molar-refractivity contribution in [1.82, 2.24) is 5.32 Å². The molecule has 1 atom stereocenters. The molecule has 1 N–H and O–H groups in total. The van der Waals surface area contributed by atoms with Gasteiger partial charge in [0, 0.05) is 6.54 Å². The lowest BCUT2D eigenvalue weighted by Gasteiger charge is -2.22. The van der Waals surface area contributed by atoms with Gasteiger partial charge in [0.2, 0.25) is 5.91 Å². The van der Waals surface area contributed by atoms with Crippen molar-refractivity contribution in [3.63, 3.8) is 0 Å². The number of ether oxygens (including phenoxy) is 1. The molecule has 0 aromatic heterocycles. The monoisotopic (exact) mass is 239 g/mol. The van der Waals surface area contributed by atoms with Crippen LogP contribution in [0.4, 0.5) is 0 Å². The lowest BCUT2D eigenvalue weighted by Crippen LogP contribution is -2.35. The zero-order valence-corrected chi connectivity index (χ0v) is 9.88. The summed E-state index contributed by atoms with van der Waals surface area (Å²) < 4.78 is 5.08. The third-order valence-corrected chi connectivity index (χ3v) is 3.16. The highest BCUT2D eigenvalue weighted by Crippen LogP contribution is 2.31. The van der Waals surface area contributed by atoms with Crippen LogP contribution in [0.25, 0.3) is 0 Å². The topological polar surface area (TPSA) is 38.3 Å². The molecule has 1 unspecified atom stereocenters. The summed E-state index contributed by atoms with van der Waals surface area (Å²) in [5.74, 6) is 0.659. The third-order valence-electron chi connectivity index (χ3n) is 2.86. The summed E-state index contributed by atoms with van der Waals surface area (Å²) in [6.45, 7) is 0.777. The third kappa shape index (κ3) is 2.14. The van der Waals surface area contributed by atoms with Gasteiger partial charge in [-0.1, -0.05) is 17.7 Å². The molecule has 1 fully saturated rings. The van der Waals surface area contributed by atoms with Crippen LogP contribution in [-0.2, 0) is 4.79 Å². The number of nitrogens with one attached hydrogen (secondary N) is 1. The van der Waals surface area contributed by atoms with Gasteiger partial charge in [-0.05, 0) is 30.5 Å². The van der Waals surface area contributed by atoms with Crippen LogP contribution in [0.1, 0.15) is 24.3 Å². The van der Waals surface area contributed by atoms with Crippen LogP contribution in [0.3, 0.4) is 0 Å². The molecule has 1 amide bonds. The van der Waals surface area contributed by atoms with Crippen molar-refractivity contribution in [1.29, 1.82) is 0 Å². The van der Waals surface area contributed by atoms with E-state index < -0.39 is 0 Å². The van der Waals surface area contributed by atoms with Crippen molar-refractivity contribution in [2.75, 3.05) is 13.7 Å². The molecule has 0 aliphatic carbocycles. The number of methoxy groups -OCH3 is 1. The maximum atomic E-state index is 11.7. The van der Waals surface area contributed by atoms with E-state index in [2.05, 4.69) is 5.32 Å². The lowest BCUT2D eigenvalue weighted by atomic mass is 9.91. The predicted octanol–water partition coefficient (Wildman–Crippen LogP) is 2.34. The number of amides is 1. The fourth-order valence-electron chi connectivity index (χ4n) is 1.99. The second-order valence-electron chi connectivity index (χ2n) is 3.88. The number of piperidine rings is 1. The van der Waals surface area contributed by atoms with Gasteiger partial charge in [0.1, 0.15) is 5.75 Å². The quantitative estimate of drug-likeness (QED) is 0.860. The second-order valence-corrected chi connectivity index (χ2v) is 4.29. The molecule has 1 aliphatic heterocycles. The molecule has 3 nitrogen and oxygen atoms in total. The Bertz CT molecular complexity index is 406. The van der Waals surface area contributed by atoms with Gasteiger partial charge in [-0.2, -0.15) is 0 Å². The summed E-state index contributed by atoms with van der Waals surface area (Å²) in [6, 6.07) is 5.52. The van der Waals surface area contributed by atoms with Crippen molar-refractivity contribution >= 4 is 17.5 Å². The van der Waals surface area contributed by atoms with E-state index >= 15 is 0 Å². The molecule has 0 spiro atoms. The fraction of sp³-hybridized carbons (Fsp3) is 0.417. The Kier molecular flexibility index (Phi) is 3.34. The summed E-state index contributed by atoms with van der Waals surface area (Å²) in [7, 11) is 1.58. The number of benzene rings is 1. The normalized spacial score (nSPS) is 20.4. The van der Waals surface area contributed by atoms with Crippen LogP contribution in [0.5, 0.6) is 5.75 Å². The number of halogens is 1. The van der Waals surface area contributed by atoms with E-state index in [-0.39, 0.29) is 11.8 Å². The zero-order valence-electron chi connectivity index (χ0n) is 9.13. The Morgan fingerprint density at radius 2 is 2.31 bits per heavy atom. The van der Waals surface area contributed by atoms with Crippen molar-refractivity contribution in [3.05, 3.63) is 28.8 Å². The van der Waals surface area contributed by atoms with Crippen LogP contribution in [0, 0.1) is 0 Å². The lowest BCUT2D eigenvalue weighted by molar-refractivity contribution is -0.123. The van der Waals surface area contributed by atoms with Crippen LogP contribution in [-0.4, -0.2) is 19.6 Å². The van der Waals surface area contributed by atoms with E-state index in [4.69, 9.17) is 16.3 Å². The molecule has 86 valence electrons. The maximum Gasteiger partial charge on any atom is 0.227 e. The van der Waals surface area contributed by atoms with E-state index in [1.807, 2.05) is 12.1 Å². The fourth-order valence-corrected chi connectivity index (χ4v) is 2.26. The first-order chi connectivity index (χ1) is 7.72. The van der Waals surface area contributed by atoms with Crippen molar-refractivity contribution < 1.29 is 9.53 Å². The Morgan fingerprint density at radius 3 is 2.94 bits per heavy atom. The minimum atomic E-state index is -0.0721. The average Bonchev–Trinajstić information content (AvgIpc) is 2.29. The molecule has 1 heterocycles. The highest BCUT2D eigenvalue weighted by atomic mass is 35.5. The van der Waals surface area contributed by atoms with Gasteiger partial charge in [-0.3, -0.25) is 4.79 Å². The summed E-state index contributed by atoms with van der Waals surface area (Å²) >= 11 is 6.04. The predicted molar refractivity (Wildman–Crippen MR) is 63.0 cm³/mol. The Morgan fingerprint density at radius 1 is 1.50 bits per heavy atom. The SMILES string of the molecule is COc1ccc(C2CCCNC2=O)cc1Cl. The molecule has 1 saturated heterocycles. The smallest absolute Gasteiger partial charge is 0.227 e. The first-order valence-electron chi connectivity index (χ1n) is 5.33. The number of carbonyl (C=O) groups excluding carboxylic acids is 1. The Labute approximate surface area is 99.7 Å².